The smallest absolute Gasteiger partial charge is 0.240 e. The van der Waals surface area contributed by atoms with Gasteiger partial charge in [-0.15, -0.1) is 0 Å². The molecule has 0 aliphatic carbocycles. The van der Waals surface area contributed by atoms with Crippen molar-refractivity contribution in [3.8, 4) is 0 Å². The van der Waals surface area contributed by atoms with Gasteiger partial charge in [0.2, 0.25) is 15.9 Å². The first-order valence-electron chi connectivity index (χ1n) is 6.77. The summed E-state index contributed by atoms with van der Waals surface area (Å²) in [6, 6.07) is 6.68. The number of amides is 1. The zero-order valence-electron chi connectivity index (χ0n) is 11.7. The molecular formula is C14H20N2O3S. The van der Waals surface area contributed by atoms with Gasteiger partial charge in [-0.2, -0.15) is 0 Å². The molecule has 1 aliphatic heterocycles. The van der Waals surface area contributed by atoms with Crippen LogP contribution in [0, 0.1) is 0 Å². The van der Waals surface area contributed by atoms with Crippen molar-refractivity contribution in [1.29, 1.82) is 0 Å². The number of benzene rings is 1. The third kappa shape index (κ3) is 3.58. The molecule has 0 radical (unpaired) electrons. The average Bonchev–Trinajstić information content (AvgIpc) is 2.41. The van der Waals surface area contributed by atoms with Gasteiger partial charge in [0.1, 0.15) is 0 Å². The lowest BCUT2D eigenvalue weighted by molar-refractivity contribution is -0.122. The second-order valence-corrected chi connectivity index (χ2v) is 7.10. The molecule has 1 saturated heterocycles. The van der Waals surface area contributed by atoms with Crippen molar-refractivity contribution in [1.82, 2.24) is 10.0 Å². The molecule has 2 N–H and O–H groups in total. The van der Waals surface area contributed by atoms with Crippen LogP contribution in [0.15, 0.2) is 29.2 Å². The Morgan fingerprint density at radius 1 is 1.25 bits per heavy atom. The molecule has 0 saturated carbocycles. The fourth-order valence-electron chi connectivity index (χ4n) is 2.15. The lowest BCUT2D eigenvalue weighted by atomic mass is 10.0. The van der Waals surface area contributed by atoms with Crippen LogP contribution in [0.2, 0.25) is 0 Å². The zero-order valence-corrected chi connectivity index (χ0v) is 12.5. The summed E-state index contributed by atoms with van der Waals surface area (Å²) in [5.41, 5.74) is 1.11. The predicted molar refractivity (Wildman–Crippen MR) is 76.9 cm³/mol. The highest BCUT2D eigenvalue weighted by atomic mass is 32.2. The molecule has 20 heavy (non-hydrogen) atoms. The van der Waals surface area contributed by atoms with E-state index in [0.29, 0.717) is 25.3 Å². The molecule has 110 valence electrons. The molecule has 2 rings (SSSR count). The zero-order chi connectivity index (χ0) is 14.8. The van der Waals surface area contributed by atoms with Gasteiger partial charge >= 0.3 is 0 Å². The summed E-state index contributed by atoms with van der Waals surface area (Å²) in [6.07, 6.45) is 0.897. The Bertz CT molecular complexity index is 569. The van der Waals surface area contributed by atoms with Crippen molar-refractivity contribution in [3.05, 3.63) is 29.8 Å². The summed E-state index contributed by atoms with van der Waals surface area (Å²) in [7, 11) is -3.52. The molecule has 1 atom stereocenters. The SMILES string of the molecule is CC(C)c1ccc(S(=O)(=O)NC2CCC(=O)NC2)cc1. The van der Waals surface area contributed by atoms with Crippen LogP contribution < -0.4 is 10.0 Å². The van der Waals surface area contributed by atoms with Crippen LogP contribution in [-0.2, 0) is 14.8 Å². The second kappa shape index (κ2) is 5.93. The minimum absolute atomic E-state index is 0.0262. The molecule has 1 aromatic rings. The highest BCUT2D eigenvalue weighted by molar-refractivity contribution is 7.89. The van der Waals surface area contributed by atoms with Gasteiger partial charge in [-0.3, -0.25) is 4.79 Å². The second-order valence-electron chi connectivity index (χ2n) is 5.38. The van der Waals surface area contributed by atoms with Gasteiger partial charge in [-0.25, -0.2) is 13.1 Å². The number of hydrogen-bond donors (Lipinski definition) is 2. The molecule has 0 spiro atoms. The highest BCUT2D eigenvalue weighted by Gasteiger charge is 2.24. The van der Waals surface area contributed by atoms with E-state index in [1.807, 2.05) is 12.1 Å². The molecule has 1 aliphatic rings. The van der Waals surface area contributed by atoms with E-state index in [1.165, 1.54) is 0 Å². The van der Waals surface area contributed by atoms with Crippen molar-refractivity contribution < 1.29 is 13.2 Å². The van der Waals surface area contributed by atoms with Crippen LogP contribution in [0.3, 0.4) is 0 Å². The Balaban J connectivity index is 2.08. The molecule has 1 unspecified atom stereocenters. The van der Waals surface area contributed by atoms with Gasteiger partial charge in [0, 0.05) is 19.0 Å². The standard InChI is InChI=1S/C14H20N2O3S/c1-10(2)11-3-6-13(7-4-11)20(18,19)16-12-5-8-14(17)15-9-12/h3-4,6-7,10,12,16H,5,8-9H2,1-2H3,(H,15,17). The topological polar surface area (TPSA) is 75.3 Å². The number of carbonyl (C=O) groups is 1. The van der Waals surface area contributed by atoms with Crippen LogP contribution in [0.4, 0.5) is 0 Å². The van der Waals surface area contributed by atoms with E-state index < -0.39 is 10.0 Å². The Kier molecular flexibility index (Phi) is 4.45. The quantitative estimate of drug-likeness (QED) is 0.881. The van der Waals surface area contributed by atoms with Gasteiger partial charge in [0.05, 0.1) is 4.90 Å². The van der Waals surface area contributed by atoms with E-state index in [2.05, 4.69) is 23.9 Å². The predicted octanol–water partition coefficient (Wildman–Crippen LogP) is 1.37. The fraction of sp³-hybridized carbons (Fsp3) is 0.500. The third-order valence-electron chi connectivity index (χ3n) is 3.44. The first-order valence-corrected chi connectivity index (χ1v) is 8.26. The van der Waals surface area contributed by atoms with Gasteiger partial charge in [-0.1, -0.05) is 26.0 Å². The fourth-order valence-corrected chi connectivity index (χ4v) is 3.42. The van der Waals surface area contributed by atoms with Crippen molar-refractivity contribution in [2.24, 2.45) is 0 Å². The van der Waals surface area contributed by atoms with Crippen LogP contribution in [-0.4, -0.2) is 26.9 Å². The molecule has 0 aromatic heterocycles. The van der Waals surface area contributed by atoms with Crippen LogP contribution in [0.25, 0.3) is 0 Å². The molecule has 1 fully saturated rings. The molecule has 5 nitrogen and oxygen atoms in total. The number of hydrogen-bond acceptors (Lipinski definition) is 3. The van der Waals surface area contributed by atoms with Crippen molar-refractivity contribution in [2.45, 2.75) is 43.5 Å². The van der Waals surface area contributed by atoms with E-state index in [1.54, 1.807) is 12.1 Å². The molecule has 1 amide bonds. The lowest BCUT2D eigenvalue weighted by Crippen LogP contribution is -2.47. The van der Waals surface area contributed by atoms with E-state index >= 15 is 0 Å². The average molecular weight is 296 g/mol. The van der Waals surface area contributed by atoms with E-state index in [0.717, 1.165) is 5.56 Å². The maximum Gasteiger partial charge on any atom is 0.240 e. The van der Waals surface area contributed by atoms with E-state index in [4.69, 9.17) is 0 Å². The number of rotatable bonds is 4. The minimum atomic E-state index is -3.52. The molecule has 1 heterocycles. The summed E-state index contributed by atoms with van der Waals surface area (Å²) in [5.74, 6) is 0.343. The molecule has 6 heteroatoms. The monoisotopic (exact) mass is 296 g/mol. The normalized spacial score (nSPS) is 19.9. The number of nitrogens with one attached hydrogen (secondary N) is 2. The largest absolute Gasteiger partial charge is 0.355 e. The maximum atomic E-state index is 12.2. The van der Waals surface area contributed by atoms with Gasteiger partial charge in [-0.05, 0) is 30.0 Å². The van der Waals surface area contributed by atoms with Crippen LogP contribution in [0.5, 0.6) is 0 Å². The van der Waals surface area contributed by atoms with E-state index in [9.17, 15) is 13.2 Å². The van der Waals surface area contributed by atoms with Crippen molar-refractivity contribution in [2.75, 3.05) is 6.54 Å². The van der Waals surface area contributed by atoms with Gasteiger partial charge in [0.25, 0.3) is 0 Å². The molecule has 1 aromatic carbocycles. The Hall–Kier alpha value is -1.40. The molecular weight excluding hydrogens is 276 g/mol. The van der Waals surface area contributed by atoms with Gasteiger partial charge < -0.3 is 5.32 Å². The first kappa shape index (κ1) is 15.0. The summed E-state index contributed by atoms with van der Waals surface area (Å²) in [5, 5.41) is 2.66. The highest BCUT2D eigenvalue weighted by Crippen LogP contribution is 2.18. The number of piperidine rings is 1. The van der Waals surface area contributed by atoms with Crippen molar-refractivity contribution >= 4 is 15.9 Å². The Morgan fingerprint density at radius 3 is 2.40 bits per heavy atom. The maximum absolute atomic E-state index is 12.2. The third-order valence-corrected chi connectivity index (χ3v) is 4.98. The molecule has 0 bridgehead atoms. The number of sulfonamides is 1. The Labute approximate surface area is 119 Å². The summed E-state index contributed by atoms with van der Waals surface area (Å²) in [6.45, 7) is 4.47. The van der Waals surface area contributed by atoms with E-state index in [-0.39, 0.29) is 16.8 Å². The lowest BCUT2D eigenvalue weighted by Gasteiger charge is -2.23. The summed E-state index contributed by atoms with van der Waals surface area (Å²) in [4.78, 5) is 11.3. The van der Waals surface area contributed by atoms with Gasteiger partial charge in [0.15, 0.2) is 0 Å². The van der Waals surface area contributed by atoms with Crippen LogP contribution in [0.1, 0.15) is 38.2 Å². The first-order chi connectivity index (χ1) is 9.38. The van der Waals surface area contributed by atoms with Crippen LogP contribution >= 0.6 is 0 Å². The summed E-state index contributed by atoms with van der Waals surface area (Å²) < 4.78 is 27.1. The summed E-state index contributed by atoms with van der Waals surface area (Å²) >= 11 is 0. The Morgan fingerprint density at radius 2 is 1.90 bits per heavy atom. The minimum Gasteiger partial charge on any atom is -0.355 e. The number of carbonyl (C=O) groups excluding carboxylic acids is 1. The van der Waals surface area contributed by atoms with Crippen molar-refractivity contribution in [3.63, 3.8) is 0 Å².